The van der Waals surface area contributed by atoms with Gasteiger partial charge in [-0.2, -0.15) is 0 Å². The van der Waals surface area contributed by atoms with E-state index in [0.717, 1.165) is 6.42 Å². The maximum absolute atomic E-state index is 2.60. The lowest BCUT2D eigenvalue weighted by Crippen LogP contribution is -2.41. The molecule has 0 saturated heterocycles. The van der Waals surface area contributed by atoms with Crippen molar-refractivity contribution in [1.29, 1.82) is 0 Å². The fraction of sp³-hybridized carbons (Fsp3) is 0.304. The highest BCUT2D eigenvalue weighted by Gasteiger charge is 2.45. The summed E-state index contributed by atoms with van der Waals surface area (Å²) >= 11 is 0. The number of allylic oxidation sites excluding steroid dienone is 3. The predicted molar refractivity (Wildman–Crippen MR) is 108 cm³/mol. The quantitative estimate of drug-likeness (QED) is 0.559. The summed E-state index contributed by atoms with van der Waals surface area (Å²) in [4.78, 5) is 0. The van der Waals surface area contributed by atoms with Crippen LogP contribution in [0, 0.1) is 0 Å². The highest BCUT2D eigenvalue weighted by Crippen LogP contribution is 2.51. The highest BCUT2D eigenvalue weighted by molar-refractivity contribution is 6.81. The van der Waals surface area contributed by atoms with E-state index in [1.807, 2.05) is 0 Å². The van der Waals surface area contributed by atoms with E-state index in [9.17, 15) is 0 Å². The van der Waals surface area contributed by atoms with Crippen LogP contribution in [0.15, 0.2) is 60.2 Å². The van der Waals surface area contributed by atoms with Gasteiger partial charge in [-0.15, -0.1) is 0 Å². The molecule has 4 rings (SSSR count). The fourth-order valence-electron chi connectivity index (χ4n) is 5.01. The molecule has 2 atom stereocenters. The molecule has 0 aliphatic heterocycles. The van der Waals surface area contributed by atoms with E-state index < -0.39 is 8.07 Å². The summed E-state index contributed by atoms with van der Waals surface area (Å²) in [5, 5.41) is 0. The van der Waals surface area contributed by atoms with Crippen molar-refractivity contribution in [2.75, 3.05) is 0 Å². The standard InChI is InChI=1S/C23H26Si/c1-5-17-15-22(21-13-9-8-11-19(17)21)24(3,4)23-16(2)14-18-10-6-7-12-20(18)23/h6-15,22-23H,5H2,1-4H3. The topological polar surface area (TPSA) is 0 Å². The Morgan fingerprint density at radius 3 is 2.33 bits per heavy atom. The average molecular weight is 331 g/mol. The zero-order valence-corrected chi connectivity index (χ0v) is 16.1. The lowest BCUT2D eigenvalue weighted by Gasteiger charge is -2.37. The van der Waals surface area contributed by atoms with E-state index >= 15 is 0 Å². The number of hydrogen-bond donors (Lipinski definition) is 0. The summed E-state index contributed by atoms with van der Waals surface area (Å²) in [5.74, 6) is 0. The van der Waals surface area contributed by atoms with Crippen molar-refractivity contribution in [3.8, 4) is 0 Å². The Morgan fingerprint density at radius 1 is 0.917 bits per heavy atom. The Bertz CT molecular complexity index is 854. The Labute approximate surface area is 146 Å². The lowest BCUT2D eigenvalue weighted by molar-refractivity contribution is 1.000. The van der Waals surface area contributed by atoms with Crippen LogP contribution in [0.4, 0.5) is 0 Å². The molecule has 2 aliphatic rings. The Hall–Kier alpha value is -1.86. The van der Waals surface area contributed by atoms with Gasteiger partial charge < -0.3 is 0 Å². The zero-order chi connectivity index (χ0) is 16.9. The van der Waals surface area contributed by atoms with Gasteiger partial charge in [-0.3, -0.25) is 0 Å². The summed E-state index contributed by atoms with van der Waals surface area (Å²) in [7, 11) is -1.61. The van der Waals surface area contributed by atoms with Gasteiger partial charge in [0.25, 0.3) is 0 Å². The third-order valence-electron chi connectivity index (χ3n) is 6.08. The van der Waals surface area contributed by atoms with Crippen LogP contribution in [0.1, 0.15) is 53.6 Å². The number of fused-ring (bicyclic) bond motifs is 2. The SMILES string of the molecule is CCC1=CC([Si](C)(C)C2C(C)=Cc3ccccc32)c2ccccc21. The first kappa shape index (κ1) is 15.7. The summed E-state index contributed by atoms with van der Waals surface area (Å²) in [6.07, 6.45) is 6.15. The fourth-order valence-corrected chi connectivity index (χ4v) is 9.38. The minimum atomic E-state index is -1.61. The maximum atomic E-state index is 2.60. The molecule has 2 aromatic rings. The van der Waals surface area contributed by atoms with Crippen LogP contribution in [0.3, 0.4) is 0 Å². The first-order valence-corrected chi connectivity index (χ1v) is 12.3. The average Bonchev–Trinajstić information content (AvgIpc) is 3.12. The van der Waals surface area contributed by atoms with Crippen LogP contribution in [0.25, 0.3) is 11.6 Å². The third-order valence-corrected chi connectivity index (χ3v) is 10.4. The van der Waals surface area contributed by atoms with Crippen molar-refractivity contribution in [2.24, 2.45) is 0 Å². The molecule has 0 nitrogen and oxygen atoms in total. The van der Waals surface area contributed by atoms with Gasteiger partial charge in [0.05, 0.1) is 8.07 Å². The predicted octanol–water partition coefficient (Wildman–Crippen LogP) is 6.56. The van der Waals surface area contributed by atoms with Crippen LogP contribution >= 0.6 is 0 Å². The van der Waals surface area contributed by atoms with Crippen LogP contribution < -0.4 is 0 Å². The minimum absolute atomic E-state index is 0.614. The van der Waals surface area contributed by atoms with Gasteiger partial charge in [0, 0.05) is 5.54 Å². The van der Waals surface area contributed by atoms with Crippen LogP contribution in [-0.2, 0) is 0 Å². The summed E-state index contributed by atoms with van der Waals surface area (Å²) in [6.45, 7) is 9.81. The lowest BCUT2D eigenvalue weighted by atomic mass is 10.0. The molecule has 0 radical (unpaired) electrons. The molecule has 0 fully saturated rings. The van der Waals surface area contributed by atoms with E-state index in [4.69, 9.17) is 0 Å². The molecular weight excluding hydrogens is 304 g/mol. The van der Waals surface area contributed by atoms with Gasteiger partial charge >= 0.3 is 0 Å². The van der Waals surface area contributed by atoms with Crippen molar-refractivity contribution in [1.82, 2.24) is 0 Å². The summed E-state index contributed by atoms with van der Waals surface area (Å²) in [5.41, 5.74) is 10.4. The molecular formula is C23H26Si. The second kappa shape index (κ2) is 5.60. The zero-order valence-electron chi connectivity index (χ0n) is 15.1. The Kier molecular flexibility index (Phi) is 3.65. The summed E-state index contributed by atoms with van der Waals surface area (Å²) in [6, 6.07) is 18.1. The summed E-state index contributed by atoms with van der Waals surface area (Å²) < 4.78 is 0. The first-order chi connectivity index (χ1) is 11.5. The second-order valence-corrected chi connectivity index (χ2v) is 12.7. The minimum Gasteiger partial charge on any atom is -0.0759 e. The van der Waals surface area contributed by atoms with Crippen LogP contribution in [0.5, 0.6) is 0 Å². The molecule has 2 aromatic carbocycles. The largest absolute Gasteiger partial charge is 0.0759 e. The normalized spacial score (nSPS) is 22.0. The van der Waals surface area contributed by atoms with Gasteiger partial charge in [0.15, 0.2) is 0 Å². The van der Waals surface area contributed by atoms with Crippen molar-refractivity contribution in [2.45, 2.75) is 44.4 Å². The molecule has 0 saturated carbocycles. The molecule has 0 amide bonds. The Balaban J connectivity index is 1.82. The highest BCUT2D eigenvalue weighted by atomic mass is 28.3. The molecule has 1 heteroatoms. The van der Waals surface area contributed by atoms with Gasteiger partial charge in [-0.05, 0) is 46.7 Å². The maximum Gasteiger partial charge on any atom is 0.0718 e. The van der Waals surface area contributed by atoms with E-state index in [1.165, 1.54) is 11.1 Å². The molecule has 24 heavy (non-hydrogen) atoms. The monoisotopic (exact) mass is 330 g/mol. The van der Waals surface area contributed by atoms with Crippen molar-refractivity contribution < 1.29 is 0 Å². The number of rotatable bonds is 3. The molecule has 2 aliphatic carbocycles. The third kappa shape index (κ3) is 2.18. The van der Waals surface area contributed by atoms with E-state index in [0.29, 0.717) is 11.1 Å². The van der Waals surface area contributed by atoms with Crippen molar-refractivity contribution in [3.63, 3.8) is 0 Å². The van der Waals surface area contributed by atoms with Gasteiger partial charge in [-0.25, -0.2) is 0 Å². The molecule has 2 unspecified atom stereocenters. The van der Waals surface area contributed by atoms with E-state index in [1.54, 1.807) is 22.3 Å². The van der Waals surface area contributed by atoms with E-state index in [2.05, 4.69) is 87.6 Å². The first-order valence-electron chi connectivity index (χ1n) is 9.11. The molecule has 122 valence electrons. The smallest absolute Gasteiger partial charge is 0.0718 e. The molecule has 0 heterocycles. The van der Waals surface area contributed by atoms with Crippen LogP contribution in [-0.4, -0.2) is 8.07 Å². The molecule has 0 spiro atoms. The number of benzene rings is 2. The van der Waals surface area contributed by atoms with Gasteiger partial charge in [0.2, 0.25) is 0 Å². The van der Waals surface area contributed by atoms with Crippen LogP contribution in [0.2, 0.25) is 13.1 Å². The number of hydrogen-bond acceptors (Lipinski definition) is 0. The van der Waals surface area contributed by atoms with Gasteiger partial charge in [-0.1, -0.05) is 86.3 Å². The van der Waals surface area contributed by atoms with Crippen molar-refractivity contribution in [3.05, 3.63) is 82.4 Å². The van der Waals surface area contributed by atoms with Crippen molar-refractivity contribution >= 4 is 19.7 Å². The molecule has 0 bridgehead atoms. The molecule has 0 aromatic heterocycles. The molecule has 0 N–H and O–H groups in total. The van der Waals surface area contributed by atoms with E-state index in [-0.39, 0.29) is 0 Å². The second-order valence-electron chi connectivity index (χ2n) is 7.88. The van der Waals surface area contributed by atoms with Gasteiger partial charge in [0.1, 0.15) is 0 Å². The Morgan fingerprint density at radius 2 is 1.58 bits per heavy atom.